The van der Waals surface area contributed by atoms with E-state index in [0.29, 0.717) is 23.4 Å². The number of fused-ring (bicyclic) bond motifs is 1. The fraction of sp³-hybridized carbons (Fsp3) is 0.375. The largest absolute Gasteiger partial charge is 0.511 e. The van der Waals surface area contributed by atoms with Gasteiger partial charge in [0.1, 0.15) is 10.8 Å². The number of aryl methyl sites for hydroxylation is 1. The smallest absolute Gasteiger partial charge is 0.169 e. The van der Waals surface area contributed by atoms with Gasteiger partial charge in [-0.05, 0) is 30.0 Å². The molecule has 0 saturated carbocycles. The maximum Gasteiger partial charge on any atom is 0.169 e. The second-order valence-electron chi connectivity index (χ2n) is 6.25. The van der Waals surface area contributed by atoms with Crippen molar-refractivity contribution in [1.82, 2.24) is 4.98 Å². The van der Waals surface area contributed by atoms with Crippen molar-refractivity contribution in [2.24, 2.45) is 5.41 Å². The van der Waals surface area contributed by atoms with Crippen molar-refractivity contribution < 1.29 is 9.90 Å². The first kappa shape index (κ1) is 13.3. The van der Waals surface area contributed by atoms with Gasteiger partial charge in [0.25, 0.3) is 0 Å². The van der Waals surface area contributed by atoms with Gasteiger partial charge >= 0.3 is 0 Å². The summed E-state index contributed by atoms with van der Waals surface area (Å²) in [5.74, 6) is 0.177. The second kappa shape index (κ2) is 4.42. The molecule has 0 amide bonds. The van der Waals surface area contributed by atoms with Gasteiger partial charge in [-0.1, -0.05) is 19.9 Å². The number of aromatic nitrogens is 1. The summed E-state index contributed by atoms with van der Waals surface area (Å²) in [6.07, 6.45) is 0.990. The summed E-state index contributed by atoms with van der Waals surface area (Å²) in [7, 11) is 0. The zero-order valence-corrected chi connectivity index (χ0v) is 12.7. The van der Waals surface area contributed by atoms with Gasteiger partial charge in [0.15, 0.2) is 5.78 Å². The van der Waals surface area contributed by atoms with Crippen LogP contribution in [-0.4, -0.2) is 15.9 Å². The Balaban J connectivity index is 2.12. The van der Waals surface area contributed by atoms with Gasteiger partial charge in [0.05, 0.1) is 15.8 Å². The Morgan fingerprint density at radius 2 is 2.05 bits per heavy atom. The molecule has 104 valence electrons. The van der Waals surface area contributed by atoms with Crippen molar-refractivity contribution >= 4 is 32.9 Å². The minimum absolute atomic E-state index is 0.00507. The molecule has 0 unspecified atom stereocenters. The van der Waals surface area contributed by atoms with E-state index in [2.05, 4.69) is 11.1 Å². The number of carbonyl (C=O) groups excluding carboxylic acids is 1. The van der Waals surface area contributed by atoms with Gasteiger partial charge in [0, 0.05) is 12.8 Å². The highest BCUT2D eigenvalue weighted by molar-refractivity contribution is 7.19. The lowest BCUT2D eigenvalue weighted by Crippen LogP contribution is -2.25. The molecule has 20 heavy (non-hydrogen) atoms. The lowest BCUT2D eigenvalue weighted by Gasteiger charge is -2.28. The van der Waals surface area contributed by atoms with Crippen LogP contribution in [0.2, 0.25) is 0 Å². The van der Waals surface area contributed by atoms with Crippen LogP contribution in [0, 0.1) is 12.3 Å². The van der Waals surface area contributed by atoms with Crippen LogP contribution >= 0.6 is 11.3 Å². The van der Waals surface area contributed by atoms with Crippen LogP contribution in [0.5, 0.6) is 0 Å². The van der Waals surface area contributed by atoms with Crippen molar-refractivity contribution in [2.45, 2.75) is 33.6 Å². The third kappa shape index (κ3) is 2.24. The highest BCUT2D eigenvalue weighted by Gasteiger charge is 2.34. The molecule has 0 bridgehead atoms. The SMILES string of the molecule is Cc1ccc2nc(C3=C(O)CC(C)(C)CC3=O)sc2c1. The molecule has 1 aliphatic rings. The lowest BCUT2D eigenvalue weighted by atomic mass is 9.77. The van der Waals surface area contributed by atoms with Gasteiger partial charge in [-0.2, -0.15) is 0 Å². The monoisotopic (exact) mass is 287 g/mol. The number of carbonyl (C=O) groups is 1. The highest BCUT2D eigenvalue weighted by Crippen LogP contribution is 2.41. The first-order valence-corrected chi connectivity index (χ1v) is 7.50. The first-order valence-electron chi connectivity index (χ1n) is 6.69. The van der Waals surface area contributed by atoms with Gasteiger partial charge in [-0.25, -0.2) is 4.98 Å². The quantitative estimate of drug-likeness (QED) is 0.852. The minimum Gasteiger partial charge on any atom is -0.511 e. The summed E-state index contributed by atoms with van der Waals surface area (Å²) in [5.41, 5.74) is 2.30. The number of nitrogens with zero attached hydrogens (tertiary/aromatic N) is 1. The molecule has 1 heterocycles. The summed E-state index contributed by atoms with van der Waals surface area (Å²) in [4.78, 5) is 16.8. The summed E-state index contributed by atoms with van der Waals surface area (Å²) in [6, 6.07) is 6.02. The maximum absolute atomic E-state index is 12.3. The normalized spacial score (nSPS) is 18.9. The number of thiazole rings is 1. The van der Waals surface area contributed by atoms with Crippen molar-refractivity contribution in [2.75, 3.05) is 0 Å². The van der Waals surface area contributed by atoms with E-state index in [1.807, 2.05) is 32.9 Å². The van der Waals surface area contributed by atoms with Gasteiger partial charge in [-0.15, -0.1) is 11.3 Å². The molecular formula is C16H17NO2S. The number of rotatable bonds is 1. The van der Waals surface area contributed by atoms with Gasteiger partial charge in [-0.3, -0.25) is 4.79 Å². The second-order valence-corrected chi connectivity index (χ2v) is 7.28. The molecule has 1 aromatic carbocycles. The maximum atomic E-state index is 12.3. The Morgan fingerprint density at radius 3 is 2.75 bits per heavy atom. The number of hydrogen-bond acceptors (Lipinski definition) is 4. The molecule has 1 aromatic heterocycles. The van der Waals surface area contributed by atoms with Crippen molar-refractivity contribution in [3.8, 4) is 0 Å². The van der Waals surface area contributed by atoms with E-state index < -0.39 is 0 Å². The molecule has 2 aromatic rings. The minimum atomic E-state index is -0.169. The highest BCUT2D eigenvalue weighted by atomic mass is 32.1. The van der Waals surface area contributed by atoms with E-state index in [0.717, 1.165) is 10.2 Å². The summed E-state index contributed by atoms with van der Waals surface area (Å²) >= 11 is 1.48. The van der Waals surface area contributed by atoms with Crippen LogP contribution in [0.3, 0.4) is 0 Å². The number of allylic oxidation sites excluding steroid dienone is 2. The zero-order chi connectivity index (χ0) is 14.5. The van der Waals surface area contributed by atoms with Crippen LogP contribution in [0.15, 0.2) is 24.0 Å². The van der Waals surface area contributed by atoms with Crippen molar-refractivity contribution in [3.63, 3.8) is 0 Å². The Hall–Kier alpha value is -1.68. The van der Waals surface area contributed by atoms with Crippen LogP contribution < -0.4 is 0 Å². The van der Waals surface area contributed by atoms with E-state index in [9.17, 15) is 9.90 Å². The standard InChI is InChI=1S/C16H17NO2S/c1-9-4-5-10-13(6-9)20-15(17-10)14-11(18)7-16(2,3)8-12(14)19/h4-6,18H,7-8H2,1-3H3. The first-order chi connectivity index (χ1) is 9.35. The summed E-state index contributed by atoms with van der Waals surface area (Å²) in [6.45, 7) is 6.03. The number of aliphatic hydroxyl groups is 1. The average molecular weight is 287 g/mol. The van der Waals surface area contributed by atoms with Gasteiger partial charge in [0.2, 0.25) is 0 Å². The molecule has 0 atom stereocenters. The number of hydrogen-bond donors (Lipinski definition) is 1. The topological polar surface area (TPSA) is 50.2 Å². The fourth-order valence-corrected chi connectivity index (χ4v) is 3.82. The zero-order valence-electron chi connectivity index (χ0n) is 11.9. The van der Waals surface area contributed by atoms with Crippen LogP contribution in [-0.2, 0) is 4.79 Å². The van der Waals surface area contributed by atoms with E-state index in [-0.39, 0.29) is 17.0 Å². The molecule has 4 heteroatoms. The summed E-state index contributed by atoms with van der Waals surface area (Å²) in [5, 5.41) is 10.9. The third-order valence-corrected chi connectivity index (χ3v) is 4.65. The molecule has 3 rings (SSSR count). The molecule has 0 aliphatic heterocycles. The Morgan fingerprint density at radius 1 is 1.30 bits per heavy atom. The van der Waals surface area contributed by atoms with Crippen LogP contribution in [0.25, 0.3) is 15.8 Å². The number of aliphatic hydroxyl groups excluding tert-OH is 1. The molecule has 0 saturated heterocycles. The Labute approximate surface area is 122 Å². The van der Waals surface area contributed by atoms with E-state index in [1.165, 1.54) is 16.9 Å². The molecule has 0 fully saturated rings. The van der Waals surface area contributed by atoms with E-state index >= 15 is 0 Å². The molecule has 0 radical (unpaired) electrons. The number of ketones is 1. The van der Waals surface area contributed by atoms with Crippen molar-refractivity contribution in [1.29, 1.82) is 0 Å². The van der Waals surface area contributed by atoms with Crippen LogP contribution in [0.4, 0.5) is 0 Å². The van der Waals surface area contributed by atoms with Crippen LogP contribution in [0.1, 0.15) is 37.3 Å². The molecule has 3 nitrogen and oxygen atoms in total. The van der Waals surface area contributed by atoms with E-state index in [4.69, 9.17) is 0 Å². The molecule has 1 aliphatic carbocycles. The molecular weight excluding hydrogens is 270 g/mol. The fourth-order valence-electron chi connectivity index (χ4n) is 2.67. The summed E-state index contributed by atoms with van der Waals surface area (Å²) < 4.78 is 1.05. The average Bonchev–Trinajstić information content (AvgIpc) is 2.68. The lowest BCUT2D eigenvalue weighted by molar-refractivity contribution is -0.116. The predicted octanol–water partition coefficient (Wildman–Crippen LogP) is 4.26. The molecule has 1 N–H and O–H groups in total. The predicted molar refractivity (Wildman–Crippen MR) is 81.9 cm³/mol. The number of benzene rings is 1. The van der Waals surface area contributed by atoms with Crippen molar-refractivity contribution in [3.05, 3.63) is 34.5 Å². The third-order valence-electron chi connectivity index (χ3n) is 3.61. The Bertz CT molecular complexity index is 740. The van der Waals surface area contributed by atoms with Gasteiger partial charge < -0.3 is 5.11 Å². The number of Topliss-reactive ketones (excluding diaryl/α,β-unsaturated/α-hetero) is 1. The Kier molecular flexibility index (Phi) is 2.94. The molecule has 0 spiro atoms. The van der Waals surface area contributed by atoms with E-state index in [1.54, 1.807) is 0 Å².